The lowest BCUT2D eigenvalue weighted by Crippen LogP contribution is -2.35. The van der Waals surface area contributed by atoms with E-state index in [4.69, 9.17) is 13.7 Å². The molecule has 0 spiro atoms. The molecule has 6 heteroatoms. The van der Waals surface area contributed by atoms with Crippen molar-refractivity contribution < 1.29 is 22.1 Å². The molecule has 3 atom stereocenters. The second-order valence-corrected chi connectivity index (χ2v) is 8.02. The summed E-state index contributed by atoms with van der Waals surface area (Å²) in [7, 11) is -3.78. The fourth-order valence-electron chi connectivity index (χ4n) is 2.54. The van der Waals surface area contributed by atoms with Crippen molar-refractivity contribution in [2.24, 2.45) is 5.92 Å². The zero-order valence-electron chi connectivity index (χ0n) is 14.7. The zero-order valence-corrected chi connectivity index (χ0v) is 15.6. The van der Waals surface area contributed by atoms with Gasteiger partial charge in [0, 0.05) is 6.61 Å². The molecule has 0 N–H and O–H groups in total. The van der Waals surface area contributed by atoms with E-state index in [1.54, 1.807) is 24.3 Å². The van der Waals surface area contributed by atoms with E-state index in [-0.39, 0.29) is 29.8 Å². The number of hydrogen-bond acceptors (Lipinski definition) is 5. The van der Waals surface area contributed by atoms with E-state index in [1.165, 1.54) is 0 Å². The van der Waals surface area contributed by atoms with Crippen molar-refractivity contribution in [3.8, 4) is 0 Å². The van der Waals surface area contributed by atoms with Crippen molar-refractivity contribution >= 4 is 10.1 Å². The van der Waals surface area contributed by atoms with Crippen molar-refractivity contribution in [2.75, 3.05) is 13.2 Å². The Morgan fingerprint density at radius 3 is 2.54 bits per heavy atom. The van der Waals surface area contributed by atoms with Crippen LogP contribution in [0.3, 0.4) is 0 Å². The molecule has 0 aliphatic carbocycles. The summed E-state index contributed by atoms with van der Waals surface area (Å²) in [5.74, 6) is 0.184. The highest BCUT2D eigenvalue weighted by Crippen LogP contribution is 2.22. The normalized spacial score (nSPS) is 21.4. The molecule has 0 radical (unpaired) electrons. The van der Waals surface area contributed by atoms with Crippen LogP contribution < -0.4 is 0 Å². The quantitative estimate of drug-likeness (QED) is 0.665. The molecule has 1 heterocycles. The van der Waals surface area contributed by atoms with E-state index in [1.807, 2.05) is 13.8 Å². The molecule has 1 aromatic carbocycles. The first-order valence-electron chi connectivity index (χ1n) is 8.65. The fraction of sp³-hybridized carbons (Fsp3) is 0.667. The Hall–Kier alpha value is -0.950. The fourth-order valence-corrected chi connectivity index (χ4v) is 3.46. The van der Waals surface area contributed by atoms with Gasteiger partial charge in [0.15, 0.2) is 6.29 Å². The summed E-state index contributed by atoms with van der Waals surface area (Å²) in [5, 5.41) is 0. The van der Waals surface area contributed by atoms with E-state index in [0.29, 0.717) is 6.61 Å². The Morgan fingerprint density at radius 1 is 1.25 bits per heavy atom. The van der Waals surface area contributed by atoms with E-state index in [0.717, 1.165) is 31.2 Å². The van der Waals surface area contributed by atoms with E-state index >= 15 is 0 Å². The van der Waals surface area contributed by atoms with Crippen LogP contribution in [0, 0.1) is 12.8 Å². The van der Waals surface area contributed by atoms with Crippen LogP contribution in [0.15, 0.2) is 29.2 Å². The lowest BCUT2D eigenvalue weighted by atomic mass is 10.0. The third-order valence-electron chi connectivity index (χ3n) is 4.44. The summed E-state index contributed by atoms with van der Waals surface area (Å²) in [4.78, 5) is 0.171. The molecule has 1 fully saturated rings. The van der Waals surface area contributed by atoms with Crippen molar-refractivity contribution in [3.05, 3.63) is 29.8 Å². The molecular weight excluding hydrogens is 328 g/mol. The molecule has 1 aliphatic heterocycles. The van der Waals surface area contributed by atoms with E-state index < -0.39 is 10.1 Å². The molecule has 0 saturated carbocycles. The topological polar surface area (TPSA) is 61.8 Å². The molecule has 2 rings (SSSR count). The number of hydrogen-bond donors (Lipinski definition) is 0. The van der Waals surface area contributed by atoms with Gasteiger partial charge in [-0.2, -0.15) is 8.42 Å². The maximum Gasteiger partial charge on any atom is 0.297 e. The smallest absolute Gasteiger partial charge is 0.297 e. The number of ether oxygens (including phenoxy) is 2. The maximum atomic E-state index is 12.3. The molecule has 0 amide bonds. The second-order valence-electron chi connectivity index (χ2n) is 6.41. The molecule has 1 aliphatic rings. The van der Waals surface area contributed by atoms with Crippen LogP contribution in [-0.4, -0.2) is 34.0 Å². The highest BCUT2D eigenvalue weighted by molar-refractivity contribution is 7.86. The van der Waals surface area contributed by atoms with Crippen LogP contribution in [0.2, 0.25) is 0 Å². The van der Waals surface area contributed by atoms with Gasteiger partial charge >= 0.3 is 0 Å². The first kappa shape index (κ1) is 19.4. The predicted octanol–water partition coefficient (Wildman–Crippen LogP) is 3.66. The SMILES string of the molecule is CC[C@H](C)[C@H](COS(=O)(=O)c1ccc(C)cc1)OC1CCCCO1. The van der Waals surface area contributed by atoms with Crippen LogP contribution in [0.25, 0.3) is 0 Å². The summed E-state index contributed by atoms with van der Waals surface area (Å²) in [6.45, 7) is 6.70. The lowest BCUT2D eigenvalue weighted by Gasteiger charge is -2.30. The molecule has 0 bridgehead atoms. The van der Waals surface area contributed by atoms with Gasteiger partial charge in [0.05, 0.1) is 17.6 Å². The molecule has 1 unspecified atom stereocenters. The van der Waals surface area contributed by atoms with Gasteiger partial charge in [0.1, 0.15) is 0 Å². The van der Waals surface area contributed by atoms with Crippen LogP contribution >= 0.6 is 0 Å². The Labute approximate surface area is 145 Å². The average Bonchev–Trinajstić information content (AvgIpc) is 2.59. The molecule has 1 saturated heterocycles. The summed E-state index contributed by atoms with van der Waals surface area (Å²) < 4.78 is 41.5. The van der Waals surface area contributed by atoms with Crippen molar-refractivity contribution in [1.29, 1.82) is 0 Å². The highest BCUT2D eigenvalue weighted by atomic mass is 32.2. The Morgan fingerprint density at radius 2 is 1.96 bits per heavy atom. The van der Waals surface area contributed by atoms with Gasteiger partial charge in [-0.05, 0) is 44.2 Å². The average molecular weight is 356 g/mol. The highest BCUT2D eigenvalue weighted by Gasteiger charge is 2.26. The largest absolute Gasteiger partial charge is 0.353 e. The van der Waals surface area contributed by atoms with Gasteiger partial charge in [-0.3, -0.25) is 4.18 Å². The number of aryl methyl sites for hydroxylation is 1. The molecule has 24 heavy (non-hydrogen) atoms. The van der Waals surface area contributed by atoms with E-state index in [9.17, 15) is 8.42 Å². The lowest BCUT2D eigenvalue weighted by molar-refractivity contribution is -0.202. The molecule has 0 aromatic heterocycles. The summed E-state index contributed by atoms with van der Waals surface area (Å²) in [6, 6.07) is 6.64. The second kappa shape index (κ2) is 8.94. The summed E-state index contributed by atoms with van der Waals surface area (Å²) in [6.07, 6.45) is 3.27. The van der Waals surface area contributed by atoms with Crippen LogP contribution in [-0.2, 0) is 23.8 Å². The van der Waals surface area contributed by atoms with Gasteiger partial charge < -0.3 is 9.47 Å². The first-order chi connectivity index (χ1) is 11.4. The third-order valence-corrected chi connectivity index (χ3v) is 5.74. The standard InChI is InChI=1S/C18H28O5S/c1-4-15(3)17(23-18-7-5-6-12-21-18)13-22-24(19,20)16-10-8-14(2)9-11-16/h8-11,15,17-18H,4-7,12-13H2,1-3H3/t15-,17-,18?/m0/s1. The molecular formula is C18H28O5S. The van der Waals surface area contributed by atoms with Crippen LogP contribution in [0.1, 0.15) is 45.1 Å². The monoisotopic (exact) mass is 356 g/mol. The van der Waals surface area contributed by atoms with Crippen molar-refractivity contribution in [1.82, 2.24) is 0 Å². The van der Waals surface area contributed by atoms with Crippen molar-refractivity contribution in [2.45, 2.75) is 63.7 Å². The van der Waals surface area contributed by atoms with Gasteiger partial charge in [0.25, 0.3) is 10.1 Å². The van der Waals surface area contributed by atoms with Crippen LogP contribution in [0.5, 0.6) is 0 Å². The number of rotatable bonds is 8. The maximum absolute atomic E-state index is 12.3. The van der Waals surface area contributed by atoms with E-state index in [2.05, 4.69) is 6.92 Å². The Bertz CT molecular complexity index is 590. The first-order valence-corrected chi connectivity index (χ1v) is 10.1. The Balaban J connectivity index is 1.99. The van der Waals surface area contributed by atoms with Crippen LogP contribution in [0.4, 0.5) is 0 Å². The minimum Gasteiger partial charge on any atom is -0.353 e. The minimum atomic E-state index is -3.78. The van der Waals surface area contributed by atoms with Gasteiger partial charge in [-0.25, -0.2) is 0 Å². The number of benzene rings is 1. The van der Waals surface area contributed by atoms with Crippen molar-refractivity contribution in [3.63, 3.8) is 0 Å². The molecule has 136 valence electrons. The molecule has 1 aromatic rings. The van der Waals surface area contributed by atoms with Gasteiger partial charge in [-0.1, -0.05) is 38.0 Å². The van der Waals surface area contributed by atoms with Gasteiger partial charge in [-0.15, -0.1) is 0 Å². The summed E-state index contributed by atoms with van der Waals surface area (Å²) >= 11 is 0. The zero-order chi connectivity index (χ0) is 17.6. The minimum absolute atomic E-state index is 0.00504. The molecule has 5 nitrogen and oxygen atoms in total. The Kier molecular flexibility index (Phi) is 7.22. The summed E-state index contributed by atoms with van der Waals surface area (Å²) in [5.41, 5.74) is 1.00. The predicted molar refractivity (Wildman–Crippen MR) is 92.2 cm³/mol. The third kappa shape index (κ3) is 5.55. The van der Waals surface area contributed by atoms with Gasteiger partial charge in [0.2, 0.25) is 0 Å².